The Kier molecular flexibility index (Phi) is 4.54. The molecule has 0 fully saturated rings. The minimum atomic E-state index is -4.71. The monoisotopic (exact) mass is 387 g/mol. The number of rotatable bonds is 5. The highest BCUT2D eigenvalue weighted by molar-refractivity contribution is 7.89. The van der Waals surface area contributed by atoms with Gasteiger partial charge in [-0.05, 0) is 24.3 Å². The van der Waals surface area contributed by atoms with Crippen molar-refractivity contribution in [2.45, 2.75) is 18.0 Å². The van der Waals surface area contributed by atoms with Crippen LogP contribution in [0, 0.1) is 0 Å². The summed E-state index contributed by atoms with van der Waals surface area (Å²) in [6.45, 7) is 1.90. The van der Waals surface area contributed by atoms with E-state index < -0.39 is 22.1 Å². The zero-order chi connectivity index (χ0) is 18.9. The van der Waals surface area contributed by atoms with Crippen LogP contribution in [0.2, 0.25) is 0 Å². The molecule has 0 bridgehead atoms. The SMILES string of the molecule is CCNS(=O)(=O)c1cnn(-c2ccc(-c3noc(C(F)(F)F)n3)cc2)c1. The summed E-state index contributed by atoms with van der Waals surface area (Å²) >= 11 is 0. The maximum Gasteiger partial charge on any atom is 0.471 e. The first kappa shape index (κ1) is 18.1. The van der Waals surface area contributed by atoms with Gasteiger partial charge < -0.3 is 4.52 Å². The Morgan fingerprint density at radius 1 is 1.23 bits per heavy atom. The molecule has 138 valence electrons. The van der Waals surface area contributed by atoms with Crippen molar-refractivity contribution in [1.82, 2.24) is 24.6 Å². The van der Waals surface area contributed by atoms with Crippen molar-refractivity contribution in [3.05, 3.63) is 42.5 Å². The highest BCUT2D eigenvalue weighted by atomic mass is 32.2. The Hall–Kier alpha value is -2.73. The van der Waals surface area contributed by atoms with Crippen LogP contribution >= 0.6 is 0 Å². The molecule has 0 atom stereocenters. The van der Waals surface area contributed by atoms with Gasteiger partial charge in [0.25, 0.3) is 0 Å². The lowest BCUT2D eigenvalue weighted by atomic mass is 10.2. The van der Waals surface area contributed by atoms with Crippen LogP contribution in [-0.2, 0) is 16.2 Å². The number of nitrogens with one attached hydrogen (secondary N) is 1. The van der Waals surface area contributed by atoms with Gasteiger partial charge in [-0.3, -0.25) is 0 Å². The maximum atomic E-state index is 12.5. The van der Waals surface area contributed by atoms with Gasteiger partial charge in [0.05, 0.1) is 18.1 Å². The maximum absolute atomic E-state index is 12.5. The topological polar surface area (TPSA) is 103 Å². The van der Waals surface area contributed by atoms with Crippen molar-refractivity contribution >= 4 is 10.0 Å². The standard InChI is InChI=1S/C14H12F3N5O3S/c1-2-19-26(23,24)11-7-18-22(8-11)10-5-3-9(4-6-10)12-20-13(25-21-12)14(15,16)17/h3-8,19H,2H2,1H3. The molecule has 0 aliphatic carbocycles. The summed E-state index contributed by atoms with van der Waals surface area (Å²) in [7, 11) is -3.63. The zero-order valence-electron chi connectivity index (χ0n) is 13.2. The van der Waals surface area contributed by atoms with Crippen molar-refractivity contribution in [3.63, 3.8) is 0 Å². The number of hydrogen-bond acceptors (Lipinski definition) is 6. The molecule has 0 unspecified atom stereocenters. The number of halogens is 3. The summed E-state index contributed by atoms with van der Waals surface area (Å²) in [5, 5.41) is 7.27. The molecule has 0 amide bonds. The third kappa shape index (κ3) is 3.60. The molecule has 1 N–H and O–H groups in total. The Morgan fingerprint density at radius 2 is 1.92 bits per heavy atom. The van der Waals surface area contributed by atoms with Crippen molar-refractivity contribution in [1.29, 1.82) is 0 Å². The van der Waals surface area contributed by atoms with Crippen LogP contribution in [0.15, 0.2) is 46.1 Å². The third-order valence-corrected chi connectivity index (χ3v) is 4.76. The van der Waals surface area contributed by atoms with Gasteiger partial charge in [-0.2, -0.15) is 23.3 Å². The van der Waals surface area contributed by atoms with Gasteiger partial charge >= 0.3 is 12.1 Å². The first-order valence-corrected chi connectivity index (χ1v) is 8.75. The lowest BCUT2D eigenvalue weighted by molar-refractivity contribution is -0.159. The molecule has 12 heteroatoms. The van der Waals surface area contributed by atoms with E-state index in [-0.39, 0.29) is 17.3 Å². The van der Waals surface area contributed by atoms with Crippen LogP contribution in [0.1, 0.15) is 12.8 Å². The average molecular weight is 387 g/mol. The second-order valence-corrected chi connectivity index (χ2v) is 6.86. The first-order valence-electron chi connectivity index (χ1n) is 7.27. The Balaban J connectivity index is 1.84. The average Bonchev–Trinajstić information content (AvgIpc) is 3.25. The molecule has 26 heavy (non-hydrogen) atoms. The number of alkyl halides is 3. The molecule has 3 aromatic rings. The van der Waals surface area contributed by atoms with Crippen LogP contribution in [-0.4, -0.2) is 34.9 Å². The fraction of sp³-hybridized carbons (Fsp3) is 0.214. The van der Waals surface area contributed by atoms with E-state index in [9.17, 15) is 21.6 Å². The zero-order valence-corrected chi connectivity index (χ0v) is 14.0. The molecule has 3 rings (SSSR count). The largest absolute Gasteiger partial charge is 0.471 e. The predicted octanol–water partition coefficient (Wildman–Crippen LogP) is 2.24. The third-order valence-electron chi connectivity index (χ3n) is 3.26. The van der Waals surface area contributed by atoms with Crippen LogP contribution < -0.4 is 4.72 Å². The highest BCUT2D eigenvalue weighted by Crippen LogP contribution is 2.29. The second-order valence-electron chi connectivity index (χ2n) is 5.09. The van der Waals surface area contributed by atoms with Crippen molar-refractivity contribution in [2.75, 3.05) is 6.54 Å². The summed E-state index contributed by atoms with van der Waals surface area (Å²) in [5.74, 6) is -1.64. The summed E-state index contributed by atoms with van der Waals surface area (Å²) in [5.41, 5.74) is 0.812. The van der Waals surface area contributed by atoms with E-state index in [1.807, 2.05) is 0 Å². The molecule has 2 heterocycles. The minimum Gasteiger partial charge on any atom is -0.329 e. The normalized spacial score (nSPS) is 12.5. The lowest BCUT2D eigenvalue weighted by Gasteiger charge is -2.02. The summed E-state index contributed by atoms with van der Waals surface area (Å²) in [6, 6.07) is 6.02. The Labute approximate surface area is 145 Å². The molecule has 0 radical (unpaired) electrons. The summed E-state index contributed by atoms with van der Waals surface area (Å²) < 4.78 is 69.2. The number of aromatic nitrogens is 4. The van der Waals surface area contributed by atoms with Gasteiger partial charge in [0, 0.05) is 12.1 Å². The van der Waals surface area contributed by atoms with Crippen LogP contribution in [0.4, 0.5) is 13.2 Å². The van der Waals surface area contributed by atoms with Gasteiger partial charge in [-0.25, -0.2) is 17.8 Å². The molecular formula is C14H12F3N5O3S. The van der Waals surface area contributed by atoms with E-state index in [1.165, 1.54) is 41.3 Å². The van der Waals surface area contributed by atoms with Gasteiger partial charge in [-0.15, -0.1) is 0 Å². The van der Waals surface area contributed by atoms with Gasteiger partial charge in [0.15, 0.2) is 0 Å². The molecule has 0 aliphatic heterocycles. The molecule has 8 nitrogen and oxygen atoms in total. The van der Waals surface area contributed by atoms with Crippen LogP contribution in [0.3, 0.4) is 0 Å². The summed E-state index contributed by atoms with van der Waals surface area (Å²) in [6.07, 6.45) is -2.20. The van der Waals surface area contributed by atoms with Gasteiger partial charge in [-0.1, -0.05) is 12.1 Å². The quantitative estimate of drug-likeness (QED) is 0.720. The van der Waals surface area contributed by atoms with Crippen LogP contribution in [0.5, 0.6) is 0 Å². The smallest absolute Gasteiger partial charge is 0.329 e. The van der Waals surface area contributed by atoms with Crippen LogP contribution in [0.25, 0.3) is 17.1 Å². The van der Waals surface area contributed by atoms with E-state index in [2.05, 4.69) is 24.5 Å². The van der Waals surface area contributed by atoms with E-state index >= 15 is 0 Å². The van der Waals surface area contributed by atoms with E-state index in [4.69, 9.17) is 0 Å². The summed E-state index contributed by atoms with van der Waals surface area (Å²) in [4.78, 5) is 3.29. The molecular weight excluding hydrogens is 375 g/mol. The Bertz CT molecular complexity index is 1010. The fourth-order valence-electron chi connectivity index (χ4n) is 2.08. The number of sulfonamides is 1. The number of benzene rings is 1. The lowest BCUT2D eigenvalue weighted by Crippen LogP contribution is -2.22. The number of nitrogens with zero attached hydrogens (tertiary/aromatic N) is 4. The fourth-order valence-corrected chi connectivity index (χ4v) is 3.05. The van der Waals surface area contributed by atoms with E-state index in [0.717, 1.165) is 0 Å². The van der Waals surface area contributed by atoms with Crippen molar-refractivity contribution in [3.8, 4) is 17.1 Å². The molecule has 0 spiro atoms. The van der Waals surface area contributed by atoms with Gasteiger partial charge in [0.1, 0.15) is 4.90 Å². The van der Waals surface area contributed by atoms with E-state index in [0.29, 0.717) is 11.3 Å². The van der Waals surface area contributed by atoms with E-state index in [1.54, 1.807) is 6.92 Å². The molecule has 1 aromatic carbocycles. The molecule has 0 saturated carbocycles. The van der Waals surface area contributed by atoms with Gasteiger partial charge in [0.2, 0.25) is 15.8 Å². The van der Waals surface area contributed by atoms with Crippen molar-refractivity contribution in [2.24, 2.45) is 0 Å². The predicted molar refractivity (Wildman–Crippen MR) is 82.7 cm³/mol. The molecule has 2 aromatic heterocycles. The minimum absolute atomic E-state index is 0.00332. The van der Waals surface area contributed by atoms with Crippen molar-refractivity contribution < 1.29 is 26.1 Å². The Morgan fingerprint density at radius 3 is 2.50 bits per heavy atom. The number of hydrogen-bond donors (Lipinski definition) is 1. The second kappa shape index (κ2) is 6.53. The molecule has 0 aliphatic rings. The first-order chi connectivity index (χ1) is 12.2. The highest BCUT2D eigenvalue weighted by Gasteiger charge is 2.38. The molecule has 0 saturated heterocycles.